The van der Waals surface area contributed by atoms with E-state index < -0.39 is 0 Å². The second-order valence-electron chi connectivity index (χ2n) is 3.55. The lowest BCUT2D eigenvalue weighted by molar-refractivity contribution is 0.998. The second-order valence-corrected chi connectivity index (χ2v) is 4.16. The Hall–Kier alpha value is -1.42. The van der Waals surface area contributed by atoms with E-state index in [4.69, 9.17) is 0 Å². The van der Waals surface area contributed by atoms with Crippen LogP contribution in [0.25, 0.3) is 0 Å². The highest BCUT2D eigenvalue weighted by Crippen LogP contribution is 2.14. The number of aromatic nitrogens is 2. The summed E-state index contributed by atoms with van der Waals surface area (Å²) >= 11 is 1.38. The van der Waals surface area contributed by atoms with Gasteiger partial charge in [0, 0.05) is 11.1 Å². The molecule has 0 atom stereocenters. The Balaban J connectivity index is 2.02. The summed E-state index contributed by atoms with van der Waals surface area (Å²) in [7, 11) is 0. The number of rotatable bonds is 3. The number of anilines is 1. The summed E-state index contributed by atoms with van der Waals surface area (Å²) in [5, 5.41) is 9.25. The Labute approximate surface area is 93.3 Å². The summed E-state index contributed by atoms with van der Waals surface area (Å²) < 4.78 is 3.82. The van der Waals surface area contributed by atoms with Crippen molar-refractivity contribution >= 4 is 17.2 Å². The van der Waals surface area contributed by atoms with E-state index in [0.29, 0.717) is 0 Å². The highest BCUT2D eigenvalue weighted by molar-refractivity contribution is 7.03. The summed E-state index contributed by atoms with van der Waals surface area (Å²) in [5.74, 6) is 0. The zero-order valence-corrected chi connectivity index (χ0v) is 9.64. The van der Waals surface area contributed by atoms with E-state index >= 15 is 0 Å². The fraction of sp³-hybridized carbons (Fsp3) is 0.273. The minimum atomic E-state index is 0.735. The molecule has 0 aliphatic carbocycles. The first-order chi connectivity index (χ1) is 7.25. The van der Waals surface area contributed by atoms with Gasteiger partial charge >= 0.3 is 0 Å². The number of nitrogens with one attached hydrogen (secondary N) is 1. The molecular weight excluding hydrogens is 206 g/mol. The first kappa shape index (κ1) is 10.1. The Morgan fingerprint density at radius 3 is 2.80 bits per heavy atom. The quantitative estimate of drug-likeness (QED) is 0.862. The van der Waals surface area contributed by atoms with Gasteiger partial charge in [0.2, 0.25) is 0 Å². The Morgan fingerprint density at radius 2 is 2.13 bits per heavy atom. The molecule has 0 unspecified atom stereocenters. The monoisotopic (exact) mass is 219 g/mol. The average Bonchev–Trinajstić information content (AvgIpc) is 2.73. The van der Waals surface area contributed by atoms with E-state index in [9.17, 15) is 0 Å². The molecule has 1 aromatic heterocycles. The summed E-state index contributed by atoms with van der Waals surface area (Å²) in [6.45, 7) is 4.97. The van der Waals surface area contributed by atoms with Crippen LogP contribution in [-0.2, 0) is 6.54 Å². The van der Waals surface area contributed by atoms with E-state index in [2.05, 4.69) is 47.0 Å². The predicted molar refractivity (Wildman–Crippen MR) is 63.2 cm³/mol. The van der Waals surface area contributed by atoms with Crippen molar-refractivity contribution in [3.8, 4) is 0 Å². The van der Waals surface area contributed by atoms with Gasteiger partial charge in [-0.15, -0.1) is 5.10 Å². The largest absolute Gasteiger partial charge is 0.379 e. The number of benzene rings is 1. The molecule has 0 radical (unpaired) electrons. The molecule has 2 rings (SSSR count). The summed E-state index contributed by atoms with van der Waals surface area (Å²) in [4.78, 5) is 0. The minimum Gasteiger partial charge on any atom is -0.379 e. The lowest BCUT2D eigenvalue weighted by Gasteiger charge is -2.06. The smallest absolute Gasteiger partial charge is 0.0946 e. The van der Waals surface area contributed by atoms with Crippen LogP contribution in [0.4, 0.5) is 5.69 Å². The molecule has 1 N–H and O–H groups in total. The van der Waals surface area contributed by atoms with Crippen LogP contribution in [0.5, 0.6) is 0 Å². The van der Waals surface area contributed by atoms with Crippen molar-refractivity contribution in [3.63, 3.8) is 0 Å². The maximum absolute atomic E-state index is 3.98. The van der Waals surface area contributed by atoms with E-state index in [-0.39, 0.29) is 0 Å². The minimum absolute atomic E-state index is 0.735. The van der Waals surface area contributed by atoms with Gasteiger partial charge in [-0.3, -0.25) is 0 Å². The zero-order chi connectivity index (χ0) is 10.7. The lowest BCUT2D eigenvalue weighted by atomic mass is 10.1. The van der Waals surface area contributed by atoms with Crippen molar-refractivity contribution in [2.75, 3.05) is 5.32 Å². The fourth-order valence-electron chi connectivity index (χ4n) is 1.31. The normalized spacial score (nSPS) is 10.3. The van der Waals surface area contributed by atoms with Gasteiger partial charge < -0.3 is 5.32 Å². The molecule has 0 fully saturated rings. The molecular formula is C11H13N3S. The molecule has 0 amide bonds. The first-order valence-corrected chi connectivity index (χ1v) is 5.66. The highest BCUT2D eigenvalue weighted by atomic mass is 32.1. The molecule has 0 bridgehead atoms. The van der Waals surface area contributed by atoms with Crippen molar-refractivity contribution in [3.05, 3.63) is 40.4 Å². The van der Waals surface area contributed by atoms with Crippen LogP contribution in [0, 0.1) is 13.8 Å². The van der Waals surface area contributed by atoms with Crippen LogP contribution >= 0.6 is 11.5 Å². The third kappa shape index (κ3) is 2.53. The van der Waals surface area contributed by atoms with Crippen molar-refractivity contribution in [1.29, 1.82) is 0 Å². The average molecular weight is 219 g/mol. The van der Waals surface area contributed by atoms with Gasteiger partial charge in [0.1, 0.15) is 0 Å². The topological polar surface area (TPSA) is 37.8 Å². The molecule has 78 valence electrons. The Kier molecular flexibility index (Phi) is 2.97. The molecule has 3 nitrogen and oxygen atoms in total. The molecule has 0 aliphatic rings. The van der Waals surface area contributed by atoms with E-state index in [0.717, 1.165) is 17.9 Å². The van der Waals surface area contributed by atoms with Gasteiger partial charge in [0.15, 0.2) is 0 Å². The van der Waals surface area contributed by atoms with Gasteiger partial charge in [-0.2, -0.15) is 0 Å². The third-order valence-corrected chi connectivity index (χ3v) is 2.94. The molecule has 15 heavy (non-hydrogen) atoms. The van der Waals surface area contributed by atoms with Gasteiger partial charge in [0.25, 0.3) is 0 Å². The van der Waals surface area contributed by atoms with E-state index in [1.54, 1.807) is 0 Å². The van der Waals surface area contributed by atoms with Gasteiger partial charge in [-0.05, 0) is 48.6 Å². The Morgan fingerprint density at radius 1 is 1.27 bits per heavy atom. The molecule has 2 aromatic rings. The molecule has 1 aromatic carbocycles. The SMILES string of the molecule is Cc1ccc(NCc2csnn2)cc1C. The second kappa shape index (κ2) is 4.40. The van der Waals surface area contributed by atoms with Crippen molar-refractivity contribution in [1.82, 2.24) is 9.59 Å². The van der Waals surface area contributed by atoms with Gasteiger partial charge in [0.05, 0.1) is 12.2 Å². The van der Waals surface area contributed by atoms with E-state index in [1.807, 2.05) is 5.38 Å². The fourth-order valence-corrected chi connectivity index (χ4v) is 1.76. The van der Waals surface area contributed by atoms with Crippen molar-refractivity contribution < 1.29 is 0 Å². The van der Waals surface area contributed by atoms with Crippen LogP contribution in [0.3, 0.4) is 0 Å². The van der Waals surface area contributed by atoms with Crippen molar-refractivity contribution in [2.24, 2.45) is 0 Å². The van der Waals surface area contributed by atoms with Gasteiger partial charge in [-0.1, -0.05) is 10.6 Å². The molecule has 0 saturated heterocycles. The third-order valence-electron chi connectivity index (χ3n) is 2.39. The molecule has 0 spiro atoms. The number of hydrogen-bond donors (Lipinski definition) is 1. The molecule has 4 heteroatoms. The Bertz CT molecular complexity index is 437. The summed E-state index contributed by atoms with van der Waals surface area (Å²) in [6, 6.07) is 6.36. The number of hydrogen-bond acceptors (Lipinski definition) is 4. The number of aryl methyl sites for hydroxylation is 2. The summed E-state index contributed by atoms with van der Waals surface area (Å²) in [6.07, 6.45) is 0. The highest BCUT2D eigenvalue weighted by Gasteiger charge is 1.98. The van der Waals surface area contributed by atoms with E-state index in [1.165, 1.54) is 22.7 Å². The van der Waals surface area contributed by atoms with Crippen molar-refractivity contribution in [2.45, 2.75) is 20.4 Å². The number of nitrogens with zero attached hydrogens (tertiary/aromatic N) is 2. The summed E-state index contributed by atoms with van der Waals surface area (Å²) in [5.41, 5.74) is 4.73. The predicted octanol–water partition coefficient (Wildman–Crippen LogP) is 2.77. The van der Waals surface area contributed by atoms with Crippen LogP contribution in [0.15, 0.2) is 23.6 Å². The standard InChI is InChI=1S/C11H13N3S/c1-8-3-4-10(5-9(8)2)12-6-11-7-15-14-13-11/h3-5,7,12H,6H2,1-2H3. The zero-order valence-electron chi connectivity index (χ0n) is 8.82. The van der Waals surface area contributed by atoms with Gasteiger partial charge in [-0.25, -0.2) is 0 Å². The molecule has 0 aliphatic heterocycles. The maximum Gasteiger partial charge on any atom is 0.0946 e. The molecule has 1 heterocycles. The maximum atomic E-state index is 3.98. The first-order valence-electron chi connectivity index (χ1n) is 4.83. The van der Waals surface area contributed by atoms with Crippen LogP contribution in [0.1, 0.15) is 16.8 Å². The molecule has 0 saturated carbocycles. The lowest BCUT2D eigenvalue weighted by Crippen LogP contribution is -2.00. The van der Waals surface area contributed by atoms with Crippen LogP contribution in [-0.4, -0.2) is 9.59 Å². The van der Waals surface area contributed by atoms with Crippen LogP contribution < -0.4 is 5.32 Å². The van der Waals surface area contributed by atoms with Crippen LogP contribution in [0.2, 0.25) is 0 Å².